The molecule has 2 atom stereocenters. The first-order valence-electron chi connectivity index (χ1n) is 8.48. The number of nitrogens with zero attached hydrogens (tertiary/aromatic N) is 3. The van der Waals surface area contributed by atoms with Crippen molar-refractivity contribution < 1.29 is 50.4 Å². The molecule has 1 unspecified atom stereocenters. The van der Waals surface area contributed by atoms with Crippen LogP contribution in [0.1, 0.15) is 29.5 Å². The summed E-state index contributed by atoms with van der Waals surface area (Å²) in [6.07, 6.45) is 0.987. The van der Waals surface area contributed by atoms with Crippen LogP contribution in [0.2, 0.25) is 0 Å². The zero-order chi connectivity index (χ0) is 18.1. The third-order valence-electron chi connectivity index (χ3n) is 4.56. The van der Waals surface area contributed by atoms with Gasteiger partial charge >= 0.3 is 29.6 Å². The molecule has 8 nitrogen and oxygen atoms in total. The largest absolute Gasteiger partial charge is 1.00 e. The fraction of sp³-hybridized carbons (Fsp3) is 0.389. The van der Waals surface area contributed by atoms with Crippen molar-refractivity contribution in [2.45, 2.75) is 31.5 Å². The third-order valence-corrected chi connectivity index (χ3v) is 4.56. The topological polar surface area (TPSA) is 109 Å². The number of nitriles is 1. The minimum Gasteiger partial charge on any atom is -1.00 e. The SMILES string of the molecule is N#Cc1ccc2c(c1)C[C@@H](NC(=O)c1cc3n(n1)CCC(CO)O3)CO2.[H-].[Na+]. The van der Waals surface area contributed by atoms with E-state index in [4.69, 9.17) is 14.7 Å². The smallest absolute Gasteiger partial charge is 1.00 e. The number of carbonyl (C=O) groups is 1. The van der Waals surface area contributed by atoms with Crippen LogP contribution < -0.4 is 44.3 Å². The van der Waals surface area contributed by atoms with E-state index in [1.165, 1.54) is 0 Å². The maximum atomic E-state index is 12.5. The first-order chi connectivity index (χ1) is 12.7. The number of fused-ring (bicyclic) bond motifs is 2. The number of benzene rings is 1. The second-order valence-electron chi connectivity index (χ2n) is 6.42. The number of carbonyl (C=O) groups excluding carboxylic acids is 1. The number of rotatable bonds is 3. The van der Waals surface area contributed by atoms with Gasteiger partial charge in [0.05, 0.1) is 24.3 Å². The van der Waals surface area contributed by atoms with Crippen molar-refractivity contribution in [1.29, 1.82) is 5.26 Å². The van der Waals surface area contributed by atoms with Crippen LogP contribution in [0, 0.1) is 11.3 Å². The summed E-state index contributed by atoms with van der Waals surface area (Å²) in [5.74, 6) is 0.935. The van der Waals surface area contributed by atoms with Gasteiger partial charge in [-0.15, -0.1) is 0 Å². The van der Waals surface area contributed by atoms with Gasteiger partial charge in [0.1, 0.15) is 18.5 Å². The summed E-state index contributed by atoms with van der Waals surface area (Å²) >= 11 is 0. The molecule has 0 radical (unpaired) electrons. The van der Waals surface area contributed by atoms with Crippen LogP contribution in [0.25, 0.3) is 0 Å². The van der Waals surface area contributed by atoms with Gasteiger partial charge in [-0.05, 0) is 30.2 Å². The number of nitrogens with one attached hydrogen (secondary N) is 1. The molecule has 0 bridgehead atoms. The van der Waals surface area contributed by atoms with Gasteiger partial charge in [0, 0.05) is 19.0 Å². The summed E-state index contributed by atoms with van der Waals surface area (Å²) < 4.78 is 12.9. The Morgan fingerprint density at radius 2 is 2.33 bits per heavy atom. The Kier molecular flexibility index (Phi) is 6.07. The Bertz CT molecular complexity index is 898. The Morgan fingerprint density at radius 3 is 3.11 bits per heavy atom. The molecule has 0 aliphatic carbocycles. The average Bonchev–Trinajstić information content (AvgIpc) is 3.10. The van der Waals surface area contributed by atoms with Crippen molar-refractivity contribution in [2.75, 3.05) is 13.2 Å². The number of hydrogen-bond donors (Lipinski definition) is 2. The molecule has 1 aromatic carbocycles. The number of aliphatic hydroxyl groups excluding tert-OH is 1. The van der Waals surface area contributed by atoms with Gasteiger partial charge in [0.25, 0.3) is 5.91 Å². The zero-order valence-electron chi connectivity index (χ0n) is 16.0. The molecule has 0 fully saturated rings. The number of amides is 1. The minimum absolute atomic E-state index is 0. The van der Waals surface area contributed by atoms with Crippen molar-refractivity contribution in [2.24, 2.45) is 0 Å². The van der Waals surface area contributed by atoms with E-state index < -0.39 is 0 Å². The Hall–Kier alpha value is -2.05. The van der Waals surface area contributed by atoms with Gasteiger partial charge in [0.2, 0.25) is 5.88 Å². The first-order valence-corrected chi connectivity index (χ1v) is 8.48. The second-order valence-corrected chi connectivity index (χ2v) is 6.42. The van der Waals surface area contributed by atoms with Crippen LogP contribution in [-0.4, -0.2) is 46.2 Å². The van der Waals surface area contributed by atoms with Gasteiger partial charge < -0.3 is 21.3 Å². The fourth-order valence-electron chi connectivity index (χ4n) is 3.21. The average molecular weight is 378 g/mol. The molecule has 4 rings (SSSR count). The molecule has 0 saturated carbocycles. The second kappa shape index (κ2) is 8.31. The van der Waals surface area contributed by atoms with E-state index in [-0.39, 0.29) is 61.3 Å². The van der Waals surface area contributed by atoms with Gasteiger partial charge in [0.15, 0.2) is 5.69 Å². The molecule has 9 heteroatoms. The Balaban J connectivity index is 0.00000140. The Labute approximate surface area is 179 Å². The van der Waals surface area contributed by atoms with Gasteiger partial charge in [-0.25, -0.2) is 4.68 Å². The Morgan fingerprint density at radius 1 is 1.48 bits per heavy atom. The van der Waals surface area contributed by atoms with Gasteiger partial charge in [-0.3, -0.25) is 4.79 Å². The maximum absolute atomic E-state index is 12.5. The molecule has 1 aromatic heterocycles. The first kappa shape index (κ1) is 19.7. The maximum Gasteiger partial charge on any atom is 1.00 e. The molecular weight excluding hydrogens is 359 g/mol. The van der Waals surface area contributed by atoms with E-state index in [0.29, 0.717) is 37.4 Å². The third kappa shape index (κ3) is 4.12. The minimum atomic E-state index is -0.301. The summed E-state index contributed by atoms with van der Waals surface area (Å²) in [5, 5.41) is 25.4. The molecule has 2 aliphatic heterocycles. The van der Waals surface area contributed by atoms with E-state index in [0.717, 1.165) is 11.3 Å². The molecule has 2 aromatic rings. The van der Waals surface area contributed by atoms with Gasteiger partial charge in [-0.1, -0.05) is 0 Å². The summed E-state index contributed by atoms with van der Waals surface area (Å²) in [4.78, 5) is 12.5. The molecule has 3 heterocycles. The number of hydrogen-bond acceptors (Lipinski definition) is 6. The zero-order valence-corrected chi connectivity index (χ0v) is 17.0. The number of aryl methyl sites for hydroxylation is 1. The normalized spacial score (nSPS) is 20.0. The molecule has 27 heavy (non-hydrogen) atoms. The van der Waals surface area contributed by atoms with Crippen LogP contribution in [0.4, 0.5) is 0 Å². The quantitative estimate of drug-likeness (QED) is 0.584. The van der Waals surface area contributed by atoms with E-state index in [9.17, 15) is 9.90 Å². The number of aliphatic hydroxyl groups is 1. The predicted octanol–water partition coefficient (Wildman–Crippen LogP) is -2.25. The van der Waals surface area contributed by atoms with Crippen LogP contribution in [0.15, 0.2) is 24.3 Å². The van der Waals surface area contributed by atoms with Crippen molar-refractivity contribution in [3.8, 4) is 17.7 Å². The van der Waals surface area contributed by atoms with Crippen molar-refractivity contribution in [1.82, 2.24) is 15.1 Å². The van der Waals surface area contributed by atoms with E-state index in [1.807, 2.05) is 0 Å². The van der Waals surface area contributed by atoms with Crippen molar-refractivity contribution in [3.05, 3.63) is 41.1 Å². The standard InChI is InChI=1S/C18H18N4O4.Na.H/c19-8-11-1-2-16-12(5-11)6-13(10-25-16)20-18(24)15-7-17-22(21-15)4-3-14(9-23)26-17;;/h1-2,5,7,13-14,23H,3-4,6,9-10H2,(H,20,24);;/q;+1;-1/t13-,14?;;/m1../s1. The summed E-state index contributed by atoms with van der Waals surface area (Å²) in [6, 6.07) is 8.77. The molecule has 1 amide bonds. The summed E-state index contributed by atoms with van der Waals surface area (Å²) in [5.41, 5.74) is 1.74. The van der Waals surface area contributed by atoms with E-state index in [2.05, 4.69) is 16.5 Å². The monoisotopic (exact) mass is 378 g/mol. The van der Waals surface area contributed by atoms with Crippen molar-refractivity contribution in [3.63, 3.8) is 0 Å². The van der Waals surface area contributed by atoms with Crippen molar-refractivity contribution >= 4 is 5.91 Å². The molecule has 2 N–H and O–H groups in total. The van der Waals surface area contributed by atoms with Crippen LogP contribution in [-0.2, 0) is 13.0 Å². The van der Waals surface area contributed by atoms with Crippen LogP contribution in [0.5, 0.6) is 11.6 Å². The number of ether oxygens (including phenoxy) is 2. The molecule has 0 spiro atoms. The number of aromatic nitrogens is 2. The molecule has 0 saturated heterocycles. The predicted molar refractivity (Wildman–Crippen MR) is 91.1 cm³/mol. The summed E-state index contributed by atoms with van der Waals surface area (Å²) in [6.45, 7) is 0.905. The fourth-order valence-corrected chi connectivity index (χ4v) is 3.21. The summed E-state index contributed by atoms with van der Waals surface area (Å²) in [7, 11) is 0. The molecule has 136 valence electrons. The van der Waals surface area contributed by atoms with Crippen LogP contribution >= 0.6 is 0 Å². The molecular formula is C18H19N4NaO4. The van der Waals surface area contributed by atoms with E-state index >= 15 is 0 Å². The van der Waals surface area contributed by atoms with E-state index in [1.54, 1.807) is 28.9 Å². The molecule has 2 aliphatic rings. The van der Waals surface area contributed by atoms with Crippen LogP contribution in [0.3, 0.4) is 0 Å². The van der Waals surface area contributed by atoms with Gasteiger partial charge in [-0.2, -0.15) is 10.4 Å².